The van der Waals surface area contributed by atoms with Crippen molar-refractivity contribution in [2.75, 3.05) is 0 Å². The summed E-state index contributed by atoms with van der Waals surface area (Å²) in [5.41, 5.74) is 0. The molecule has 1 heterocycles. The van der Waals surface area contributed by atoms with Gasteiger partial charge >= 0.3 is 5.97 Å². The van der Waals surface area contributed by atoms with Crippen LogP contribution < -0.4 is 5.32 Å². The second kappa shape index (κ2) is 4.87. The van der Waals surface area contributed by atoms with Crippen LogP contribution in [0.4, 0.5) is 0 Å². The van der Waals surface area contributed by atoms with E-state index in [-0.39, 0.29) is 17.9 Å². The van der Waals surface area contributed by atoms with E-state index in [1.54, 1.807) is 11.3 Å². The number of carboxylic acids is 1. The summed E-state index contributed by atoms with van der Waals surface area (Å²) in [5, 5.41) is 13.7. The Morgan fingerprint density at radius 3 is 2.82 bits per heavy atom. The minimum absolute atomic E-state index is 0.0116. The number of hydrogen-bond donors (Lipinski definition) is 2. The average Bonchev–Trinajstić information content (AvgIpc) is 2.94. The highest BCUT2D eigenvalue weighted by atomic mass is 32.1. The van der Waals surface area contributed by atoms with E-state index >= 15 is 0 Å². The van der Waals surface area contributed by atoms with Gasteiger partial charge in [-0.15, -0.1) is 11.3 Å². The van der Waals surface area contributed by atoms with Gasteiger partial charge in [0.05, 0.1) is 17.9 Å². The van der Waals surface area contributed by atoms with Gasteiger partial charge in [0.2, 0.25) is 5.91 Å². The first kappa shape index (κ1) is 12.1. The standard InChI is InChI=1S/C12H15NO3S/c1-2-9(10-4-3-5-17-10)13-11(14)7-6-8(7)12(15)16/h3-5,7-9H,2,6H2,1H3,(H,13,14)(H,15,16)/t7-,8-,9+/m1/s1. The van der Waals surface area contributed by atoms with Crippen molar-refractivity contribution in [1.29, 1.82) is 0 Å². The summed E-state index contributed by atoms with van der Waals surface area (Å²) in [6.45, 7) is 2.01. The summed E-state index contributed by atoms with van der Waals surface area (Å²) in [6, 6.07) is 3.95. The van der Waals surface area contributed by atoms with Gasteiger partial charge in [-0.25, -0.2) is 0 Å². The molecule has 4 nitrogen and oxygen atoms in total. The van der Waals surface area contributed by atoms with Gasteiger partial charge in [0.25, 0.3) is 0 Å². The molecule has 1 aromatic heterocycles. The first-order valence-electron chi connectivity index (χ1n) is 5.70. The molecule has 0 spiro atoms. The van der Waals surface area contributed by atoms with Crippen molar-refractivity contribution in [3.63, 3.8) is 0 Å². The van der Waals surface area contributed by atoms with Crippen LogP contribution in [0.25, 0.3) is 0 Å². The summed E-state index contributed by atoms with van der Waals surface area (Å²) in [7, 11) is 0. The van der Waals surface area contributed by atoms with E-state index in [4.69, 9.17) is 5.11 Å². The SMILES string of the molecule is CC[C@H](NC(=O)[C@@H]1C[C@H]1C(=O)O)c1cccs1. The molecule has 5 heteroatoms. The van der Waals surface area contributed by atoms with Crippen LogP contribution in [-0.4, -0.2) is 17.0 Å². The summed E-state index contributed by atoms with van der Waals surface area (Å²) in [6.07, 6.45) is 1.29. The normalized spacial score (nSPS) is 24.1. The van der Waals surface area contributed by atoms with Crippen LogP contribution in [0, 0.1) is 11.8 Å². The number of hydrogen-bond acceptors (Lipinski definition) is 3. The highest BCUT2D eigenvalue weighted by molar-refractivity contribution is 7.10. The number of nitrogens with one attached hydrogen (secondary N) is 1. The first-order valence-corrected chi connectivity index (χ1v) is 6.58. The molecule has 0 unspecified atom stereocenters. The van der Waals surface area contributed by atoms with E-state index in [1.807, 2.05) is 24.4 Å². The Kier molecular flexibility index (Phi) is 3.47. The van der Waals surface area contributed by atoms with E-state index in [9.17, 15) is 9.59 Å². The number of carbonyl (C=O) groups is 2. The minimum Gasteiger partial charge on any atom is -0.481 e. The summed E-state index contributed by atoms with van der Waals surface area (Å²) in [4.78, 5) is 23.6. The van der Waals surface area contributed by atoms with Crippen molar-refractivity contribution >= 4 is 23.2 Å². The van der Waals surface area contributed by atoms with Gasteiger partial charge in [0.1, 0.15) is 0 Å². The number of aliphatic carboxylic acids is 1. The van der Waals surface area contributed by atoms with Gasteiger partial charge in [0.15, 0.2) is 0 Å². The van der Waals surface area contributed by atoms with E-state index in [0.717, 1.165) is 11.3 Å². The van der Waals surface area contributed by atoms with Crippen LogP contribution in [0.15, 0.2) is 17.5 Å². The molecule has 0 aliphatic heterocycles. The monoisotopic (exact) mass is 253 g/mol. The Morgan fingerprint density at radius 1 is 1.59 bits per heavy atom. The lowest BCUT2D eigenvalue weighted by atomic mass is 10.1. The number of thiophene rings is 1. The third-order valence-electron chi connectivity index (χ3n) is 3.06. The smallest absolute Gasteiger partial charge is 0.307 e. The molecule has 0 aromatic carbocycles. The van der Waals surface area contributed by atoms with Crippen molar-refractivity contribution in [2.24, 2.45) is 11.8 Å². The molecule has 2 rings (SSSR count). The van der Waals surface area contributed by atoms with Crippen molar-refractivity contribution in [1.82, 2.24) is 5.32 Å². The molecular formula is C12H15NO3S. The predicted molar refractivity (Wildman–Crippen MR) is 64.7 cm³/mol. The van der Waals surface area contributed by atoms with Gasteiger partial charge in [-0.1, -0.05) is 13.0 Å². The number of amides is 1. The summed E-state index contributed by atoms with van der Waals surface area (Å²) in [5.74, 6) is -1.80. The van der Waals surface area contributed by atoms with Gasteiger partial charge in [-0.3, -0.25) is 9.59 Å². The molecule has 17 heavy (non-hydrogen) atoms. The lowest BCUT2D eigenvalue weighted by Crippen LogP contribution is -2.30. The van der Waals surface area contributed by atoms with Gasteiger partial charge < -0.3 is 10.4 Å². The molecule has 1 aliphatic carbocycles. The summed E-state index contributed by atoms with van der Waals surface area (Å²) < 4.78 is 0. The quantitative estimate of drug-likeness (QED) is 0.843. The fraction of sp³-hybridized carbons (Fsp3) is 0.500. The first-order chi connectivity index (χ1) is 8.13. The van der Waals surface area contributed by atoms with Crippen molar-refractivity contribution < 1.29 is 14.7 Å². The maximum atomic E-state index is 11.8. The van der Waals surface area contributed by atoms with Gasteiger partial charge in [-0.05, 0) is 24.3 Å². The van der Waals surface area contributed by atoms with Crippen molar-refractivity contribution in [2.45, 2.75) is 25.8 Å². The molecule has 92 valence electrons. The Morgan fingerprint density at radius 2 is 2.35 bits per heavy atom. The van der Waals surface area contributed by atoms with Crippen LogP contribution in [0.5, 0.6) is 0 Å². The molecule has 1 amide bonds. The maximum Gasteiger partial charge on any atom is 0.307 e. The Bertz CT molecular complexity index is 415. The molecule has 1 aromatic rings. The molecule has 1 fully saturated rings. The van der Waals surface area contributed by atoms with Crippen LogP contribution in [0.3, 0.4) is 0 Å². The third-order valence-corrected chi connectivity index (χ3v) is 4.04. The van der Waals surface area contributed by atoms with Crippen LogP contribution >= 0.6 is 11.3 Å². The zero-order chi connectivity index (χ0) is 12.4. The Balaban J connectivity index is 1.92. The van der Waals surface area contributed by atoms with Crippen molar-refractivity contribution in [3.8, 4) is 0 Å². The maximum absolute atomic E-state index is 11.8. The lowest BCUT2D eigenvalue weighted by molar-refractivity contribution is -0.140. The zero-order valence-electron chi connectivity index (χ0n) is 9.55. The highest BCUT2D eigenvalue weighted by Gasteiger charge is 2.48. The average molecular weight is 253 g/mol. The van der Waals surface area contributed by atoms with Gasteiger partial charge in [-0.2, -0.15) is 0 Å². The molecule has 1 saturated carbocycles. The predicted octanol–water partition coefficient (Wildman–Crippen LogP) is 2.04. The Hall–Kier alpha value is -1.36. The molecule has 0 bridgehead atoms. The number of carbonyl (C=O) groups excluding carboxylic acids is 1. The molecule has 0 radical (unpaired) electrons. The fourth-order valence-corrected chi connectivity index (χ4v) is 2.76. The molecule has 2 N–H and O–H groups in total. The zero-order valence-corrected chi connectivity index (χ0v) is 10.4. The summed E-state index contributed by atoms with van der Waals surface area (Å²) >= 11 is 1.61. The lowest BCUT2D eigenvalue weighted by Gasteiger charge is -2.15. The van der Waals surface area contributed by atoms with E-state index in [2.05, 4.69) is 5.32 Å². The van der Waals surface area contributed by atoms with Crippen LogP contribution in [0.2, 0.25) is 0 Å². The second-order valence-electron chi connectivity index (χ2n) is 4.27. The fourth-order valence-electron chi connectivity index (χ4n) is 1.90. The molecular weight excluding hydrogens is 238 g/mol. The van der Waals surface area contributed by atoms with Crippen LogP contribution in [0.1, 0.15) is 30.7 Å². The minimum atomic E-state index is -0.866. The topological polar surface area (TPSA) is 66.4 Å². The largest absolute Gasteiger partial charge is 0.481 e. The number of carboxylic acid groups (broad SMARTS) is 1. The Labute approximate surface area is 104 Å². The molecule has 3 atom stereocenters. The second-order valence-corrected chi connectivity index (χ2v) is 5.25. The number of rotatable bonds is 5. The van der Waals surface area contributed by atoms with E-state index in [1.165, 1.54) is 0 Å². The van der Waals surface area contributed by atoms with Crippen molar-refractivity contribution in [3.05, 3.63) is 22.4 Å². The van der Waals surface area contributed by atoms with Gasteiger partial charge in [0, 0.05) is 4.88 Å². The van der Waals surface area contributed by atoms with E-state index < -0.39 is 11.9 Å². The highest BCUT2D eigenvalue weighted by Crippen LogP contribution is 2.39. The van der Waals surface area contributed by atoms with Crippen LogP contribution in [-0.2, 0) is 9.59 Å². The molecule has 1 aliphatic rings. The van der Waals surface area contributed by atoms with E-state index in [0.29, 0.717) is 6.42 Å². The molecule has 0 saturated heterocycles. The third kappa shape index (κ3) is 2.66.